The number of esters is 1. The summed E-state index contributed by atoms with van der Waals surface area (Å²) in [5.74, 6) is -0.690. The van der Waals surface area contributed by atoms with Crippen LogP contribution in [0.25, 0.3) is 0 Å². The van der Waals surface area contributed by atoms with Crippen LogP contribution in [0.2, 0.25) is 0 Å². The van der Waals surface area contributed by atoms with Crippen LogP contribution in [-0.4, -0.2) is 66.8 Å². The number of nitrogens with one attached hydrogen (secondary N) is 2. The lowest BCUT2D eigenvalue weighted by molar-refractivity contribution is -0.143. The normalized spacial score (nSPS) is 23.3. The molecule has 10 heteroatoms. The highest BCUT2D eigenvalue weighted by Crippen LogP contribution is 2.43. The van der Waals surface area contributed by atoms with E-state index in [0.717, 1.165) is 5.56 Å². The summed E-state index contributed by atoms with van der Waals surface area (Å²) in [6.07, 6.45) is -0.409. The van der Waals surface area contributed by atoms with Gasteiger partial charge >= 0.3 is 18.2 Å². The van der Waals surface area contributed by atoms with Gasteiger partial charge < -0.3 is 29.7 Å². The van der Waals surface area contributed by atoms with Gasteiger partial charge in [0.25, 0.3) is 0 Å². The van der Waals surface area contributed by atoms with Crippen molar-refractivity contribution in [1.82, 2.24) is 15.5 Å². The number of carbonyl (C=O) groups excluding carboxylic acids is 4. The van der Waals surface area contributed by atoms with Crippen LogP contribution < -0.4 is 10.6 Å². The highest BCUT2D eigenvalue weighted by atomic mass is 16.6. The van der Waals surface area contributed by atoms with E-state index in [1.165, 1.54) is 6.92 Å². The van der Waals surface area contributed by atoms with Gasteiger partial charge in [0.05, 0.1) is 6.61 Å². The molecule has 4 atom stereocenters. The maximum absolute atomic E-state index is 12.5. The van der Waals surface area contributed by atoms with Gasteiger partial charge in [-0.05, 0) is 44.6 Å². The smallest absolute Gasteiger partial charge is 0.410 e. The molecule has 1 aliphatic carbocycles. The molecular formula is C25H35N3O7. The zero-order valence-electron chi connectivity index (χ0n) is 20.7. The van der Waals surface area contributed by atoms with Crippen LogP contribution in [0.3, 0.4) is 0 Å². The summed E-state index contributed by atoms with van der Waals surface area (Å²) in [4.78, 5) is 50.1. The molecule has 0 aromatic heterocycles. The molecule has 192 valence electrons. The van der Waals surface area contributed by atoms with Crippen LogP contribution in [0, 0.1) is 17.8 Å². The Bertz CT molecular complexity index is 915. The third-order valence-electron chi connectivity index (χ3n) is 6.20. The largest absolute Gasteiger partial charge is 0.465 e. The second-order valence-electron chi connectivity index (χ2n) is 10.1. The van der Waals surface area contributed by atoms with Crippen LogP contribution in [0.4, 0.5) is 9.59 Å². The highest BCUT2D eigenvalue weighted by Gasteiger charge is 2.50. The second-order valence-corrected chi connectivity index (χ2v) is 10.1. The molecule has 3 amide bonds. The van der Waals surface area contributed by atoms with Gasteiger partial charge in [-0.1, -0.05) is 30.3 Å². The summed E-state index contributed by atoms with van der Waals surface area (Å²) in [5, 5.41) is 5.42. The third kappa shape index (κ3) is 7.87. The molecule has 1 aromatic carbocycles. The predicted molar refractivity (Wildman–Crippen MR) is 126 cm³/mol. The fraction of sp³-hybridized carbons (Fsp3) is 0.600. The van der Waals surface area contributed by atoms with E-state index in [1.807, 2.05) is 51.1 Å². The molecule has 1 aliphatic heterocycles. The number of hydrogen-bond acceptors (Lipinski definition) is 7. The van der Waals surface area contributed by atoms with Crippen LogP contribution in [-0.2, 0) is 30.4 Å². The molecule has 1 aromatic rings. The average Bonchev–Trinajstić information content (AvgIpc) is 3.32. The maximum atomic E-state index is 12.5. The van der Waals surface area contributed by atoms with Crippen molar-refractivity contribution in [3.63, 3.8) is 0 Å². The van der Waals surface area contributed by atoms with E-state index in [9.17, 15) is 19.2 Å². The summed E-state index contributed by atoms with van der Waals surface area (Å²) in [6, 6.07) is 9.00. The monoisotopic (exact) mass is 489 g/mol. The zero-order chi connectivity index (χ0) is 25.6. The topological polar surface area (TPSA) is 123 Å². The van der Waals surface area contributed by atoms with Gasteiger partial charge in [-0.3, -0.25) is 9.59 Å². The molecule has 1 saturated carbocycles. The first-order chi connectivity index (χ1) is 16.5. The van der Waals surface area contributed by atoms with Gasteiger partial charge in [0.1, 0.15) is 18.8 Å². The summed E-state index contributed by atoms with van der Waals surface area (Å²) in [6.45, 7) is 7.83. The van der Waals surface area contributed by atoms with Gasteiger partial charge in [0.2, 0.25) is 5.91 Å². The van der Waals surface area contributed by atoms with Crippen molar-refractivity contribution in [2.75, 3.05) is 26.2 Å². The second kappa shape index (κ2) is 11.4. The fourth-order valence-electron chi connectivity index (χ4n) is 4.71. The van der Waals surface area contributed by atoms with E-state index in [1.54, 1.807) is 4.90 Å². The van der Waals surface area contributed by atoms with Gasteiger partial charge in [-0.2, -0.15) is 0 Å². The molecule has 0 radical (unpaired) electrons. The lowest BCUT2D eigenvalue weighted by atomic mass is 9.92. The highest BCUT2D eigenvalue weighted by molar-refractivity contribution is 5.82. The Labute approximate surface area is 205 Å². The van der Waals surface area contributed by atoms with E-state index >= 15 is 0 Å². The van der Waals surface area contributed by atoms with Crippen molar-refractivity contribution in [3.05, 3.63) is 35.9 Å². The quantitative estimate of drug-likeness (QED) is 0.445. The molecule has 2 aliphatic rings. The van der Waals surface area contributed by atoms with E-state index in [2.05, 4.69) is 10.6 Å². The Morgan fingerprint density at radius 2 is 1.77 bits per heavy atom. The Balaban J connectivity index is 1.50. The summed E-state index contributed by atoms with van der Waals surface area (Å²) in [7, 11) is 0. The summed E-state index contributed by atoms with van der Waals surface area (Å²) < 4.78 is 15.9. The molecule has 0 bridgehead atoms. The van der Waals surface area contributed by atoms with Crippen molar-refractivity contribution in [1.29, 1.82) is 0 Å². The van der Waals surface area contributed by atoms with E-state index in [0.29, 0.717) is 19.5 Å². The minimum atomic E-state index is -0.684. The third-order valence-corrected chi connectivity index (χ3v) is 6.20. The molecule has 35 heavy (non-hydrogen) atoms. The van der Waals surface area contributed by atoms with E-state index < -0.39 is 17.7 Å². The Morgan fingerprint density at radius 3 is 2.43 bits per heavy atom. The molecule has 10 nitrogen and oxygen atoms in total. The van der Waals surface area contributed by atoms with E-state index in [-0.39, 0.29) is 55.6 Å². The first-order valence-corrected chi connectivity index (χ1v) is 11.9. The van der Waals surface area contributed by atoms with Crippen LogP contribution in [0.1, 0.15) is 39.7 Å². The van der Waals surface area contributed by atoms with Crippen molar-refractivity contribution in [2.45, 2.75) is 52.4 Å². The summed E-state index contributed by atoms with van der Waals surface area (Å²) in [5.41, 5.74) is 0.260. The number of rotatable bonds is 7. The molecule has 2 N–H and O–H groups in total. The van der Waals surface area contributed by atoms with Gasteiger partial charge in [0, 0.05) is 32.0 Å². The van der Waals surface area contributed by atoms with Gasteiger partial charge in [-0.25, -0.2) is 9.59 Å². The summed E-state index contributed by atoms with van der Waals surface area (Å²) >= 11 is 0. The molecule has 0 spiro atoms. The molecule has 2 fully saturated rings. The number of nitrogens with zero attached hydrogens (tertiary/aromatic N) is 1. The first-order valence-electron chi connectivity index (χ1n) is 11.9. The van der Waals surface area contributed by atoms with Crippen molar-refractivity contribution in [2.24, 2.45) is 17.8 Å². The molecule has 1 heterocycles. The first kappa shape index (κ1) is 26.3. The zero-order valence-corrected chi connectivity index (χ0v) is 20.7. The molecule has 4 unspecified atom stereocenters. The number of amides is 3. The van der Waals surface area contributed by atoms with E-state index in [4.69, 9.17) is 14.2 Å². The molecular weight excluding hydrogens is 454 g/mol. The van der Waals surface area contributed by atoms with Crippen LogP contribution >= 0.6 is 0 Å². The molecule has 1 saturated heterocycles. The Hall–Kier alpha value is -3.30. The Kier molecular flexibility index (Phi) is 8.58. The minimum Gasteiger partial charge on any atom is -0.465 e. The lowest BCUT2D eigenvalue weighted by Gasteiger charge is -2.28. The van der Waals surface area contributed by atoms with Gasteiger partial charge in [0.15, 0.2) is 0 Å². The maximum Gasteiger partial charge on any atom is 0.410 e. The lowest BCUT2D eigenvalue weighted by Crippen LogP contribution is -2.46. The predicted octanol–water partition coefficient (Wildman–Crippen LogP) is 2.46. The standard InChI is InChI=1S/C25H35N3O7/c1-16(29)33-15-20-19-13-28(24(32)35-25(2,3)4)12-18(19)10-21(20)27-22(30)11-26-23(31)34-14-17-8-6-5-7-9-17/h5-9,18-21H,10-15H2,1-4H3,(H,26,31)(H,27,30). The molecule has 3 rings (SSSR count). The number of ether oxygens (including phenoxy) is 3. The number of carbonyl (C=O) groups is 4. The van der Waals surface area contributed by atoms with Crippen molar-refractivity contribution in [3.8, 4) is 0 Å². The van der Waals surface area contributed by atoms with Crippen LogP contribution in [0.15, 0.2) is 30.3 Å². The van der Waals surface area contributed by atoms with Crippen molar-refractivity contribution >= 4 is 24.1 Å². The number of hydrogen-bond donors (Lipinski definition) is 2. The SMILES string of the molecule is CC(=O)OCC1C(NC(=O)CNC(=O)OCc2ccccc2)CC2CN(C(=O)OC(C)(C)C)CC21. The minimum absolute atomic E-state index is 0.0657. The van der Waals surface area contributed by atoms with Crippen LogP contribution in [0.5, 0.6) is 0 Å². The fourth-order valence-corrected chi connectivity index (χ4v) is 4.71. The number of alkyl carbamates (subject to hydrolysis) is 1. The number of likely N-dealkylation sites (tertiary alicyclic amines) is 1. The van der Waals surface area contributed by atoms with Gasteiger partial charge in [-0.15, -0.1) is 0 Å². The van der Waals surface area contributed by atoms with Crippen molar-refractivity contribution < 1.29 is 33.4 Å². The average molecular weight is 490 g/mol. The Morgan fingerprint density at radius 1 is 1.06 bits per heavy atom. The number of fused-ring (bicyclic) bond motifs is 1. The number of benzene rings is 1.